The van der Waals surface area contributed by atoms with Crippen LogP contribution in [0.5, 0.6) is 0 Å². The van der Waals surface area contributed by atoms with Crippen LogP contribution in [-0.4, -0.2) is 209 Å². The third-order valence-electron chi connectivity index (χ3n) is 17.5. The van der Waals surface area contributed by atoms with Crippen LogP contribution in [0.3, 0.4) is 0 Å². The van der Waals surface area contributed by atoms with E-state index in [0.29, 0.717) is 103 Å². The molecule has 0 rings (SSSR count). The summed E-state index contributed by atoms with van der Waals surface area (Å²) < 4.78 is 0. The highest BCUT2D eigenvalue weighted by Crippen LogP contribution is 2.24. The molecular weight excluding hydrogens is 1250 g/mol. The van der Waals surface area contributed by atoms with E-state index in [4.69, 9.17) is 11.5 Å². The number of hydrogen-bond acceptors (Lipinski definition) is 18. The van der Waals surface area contributed by atoms with Gasteiger partial charge >= 0.3 is 0 Å². The SMILES string of the molecule is CCCCCCNC(=O)CC(NC(=O)CC(CC(=O)C(CC(=O)CC(CC)C(=O)NCCCN(C(C)C)C(C)C)CC(=O)NCCCN(C(C)C)C(C)C)C(=O)NCCCCCC)C(=O)CC(CC(=O)CC(CC(=O)NCCNCCN)C(=O)NCCCC)C(=O)NCCNCCN. The molecular formula is C72H136N14O12. The Balaban J connectivity index is 7.46. The smallest absolute Gasteiger partial charge is 0.224 e. The monoisotopic (exact) mass is 1390 g/mol. The van der Waals surface area contributed by atoms with Gasteiger partial charge in [-0.25, -0.2) is 0 Å². The summed E-state index contributed by atoms with van der Waals surface area (Å²) in [5, 5.41) is 28.7. The molecule has 0 aromatic carbocycles. The van der Waals surface area contributed by atoms with Crippen LogP contribution in [0.25, 0.3) is 0 Å². The molecule has 0 aliphatic rings. The van der Waals surface area contributed by atoms with Gasteiger partial charge in [-0.1, -0.05) is 72.6 Å². The van der Waals surface area contributed by atoms with Crippen LogP contribution in [0.2, 0.25) is 0 Å². The first kappa shape index (κ1) is 92.2. The molecule has 0 spiro atoms. The fraction of sp³-hybridized carbons (Fsp3) is 0.833. The highest BCUT2D eigenvalue weighted by molar-refractivity contribution is 5.99. The number of nitrogens with two attached hydrogens (primary N) is 2. The maximum atomic E-state index is 14.9. The van der Waals surface area contributed by atoms with Crippen LogP contribution in [0.4, 0.5) is 0 Å². The van der Waals surface area contributed by atoms with Gasteiger partial charge in [-0.05, 0) is 93.9 Å². The molecule has 26 nitrogen and oxygen atoms in total. The maximum Gasteiger partial charge on any atom is 0.224 e. The van der Waals surface area contributed by atoms with Gasteiger partial charge in [0.15, 0.2) is 5.78 Å². The van der Waals surface area contributed by atoms with Crippen LogP contribution in [-0.2, 0) is 57.5 Å². The van der Waals surface area contributed by atoms with E-state index in [0.717, 1.165) is 51.5 Å². The normalized spacial score (nSPS) is 13.4. The third-order valence-corrected chi connectivity index (χ3v) is 17.5. The zero-order valence-electron chi connectivity index (χ0n) is 62.6. The summed E-state index contributed by atoms with van der Waals surface area (Å²) in [4.78, 5) is 174. The van der Waals surface area contributed by atoms with E-state index in [1.165, 1.54) is 0 Å². The van der Waals surface area contributed by atoms with E-state index in [1.807, 2.05) is 20.8 Å². The standard InChI is InChI=1S/C72H136N14O12/c1-13-17-20-22-29-77-67(93)50-62(64(90)46-57(70(96)83-38-36-76-34-27-74)43-61(88)44-58(71(97)80-28-19-15-3)48-66(92)79-37-35-75-33-26-73)84-68(94)49-59(72(98)81-30-23-21-18-14-2)45-63(89)56(47-65(91)78-31-24-39-85(51(5)6)52(7)8)42-60(87)41-55(16-4)69(95)82-32-25-40-86(53(9)10)54(11)12/h51-59,62,75-76H,13-50,73-74H2,1-12H3,(H,77,93)(H,78,91)(H,79,92)(H,80,97)(H,81,98)(H,82,95)(H,83,96)(H,84,94). The zero-order chi connectivity index (χ0) is 73.8. The lowest BCUT2D eigenvalue weighted by molar-refractivity contribution is -0.138. The number of Topliss-reactive ketones (excluding diaryl/α,β-unsaturated/α-hetero) is 4. The molecule has 14 N–H and O–H groups in total. The van der Waals surface area contributed by atoms with E-state index < -0.39 is 151 Å². The Morgan fingerprint density at radius 2 is 0.643 bits per heavy atom. The van der Waals surface area contributed by atoms with Crippen molar-refractivity contribution in [3.63, 3.8) is 0 Å². The largest absolute Gasteiger partial charge is 0.356 e. The second-order valence-corrected chi connectivity index (χ2v) is 27.4. The van der Waals surface area contributed by atoms with Gasteiger partial charge < -0.3 is 64.6 Å². The average molecular weight is 1390 g/mol. The molecule has 0 saturated heterocycles. The molecule has 0 saturated carbocycles. The van der Waals surface area contributed by atoms with Crippen molar-refractivity contribution in [2.75, 3.05) is 98.2 Å². The van der Waals surface area contributed by atoms with E-state index in [1.54, 1.807) is 6.92 Å². The predicted octanol–water partition coefficient (Wildman–Crippen LogP) is 4.03. The topological polar surface area (TPSA) is 384 Å². The minimum absolute atomic E-state index is 0.0738. The molecule has 0 bridgehead atoms. The van der Waals surface area contributed by atoms with Crippen molar-refractivity contribution in [3.05, 3.63) is 0 Å². The van der Waals surface area contributed by atoms with Gasteiger partial charge in [0.2, 0.25) is 47.3 Å². The second kappa shape index (κ2) is 56.9. The second-order valence-electron chi connectivity index (χ2n) is 27.4. The van der Waals surface area contributed by atoms with Gasteiger partial charge in [0.25, 0.3) is 0 Å². The van der Waals surface area contributed by atoms with Crippen molar-refractivity contribution >= 4 is 70.4 Å². The summed E-state index contributed by atoms with van der Waals surface area (Å²) in [5.74, 6) is -13.0. The van der Waals surface area contributed by atoms with Gasteiger partial charge in [-0.15, -0.1) is 0 Å². The number of hydrogen-bond donors (Lipinski definition) is 12. The lowest BCUT2D eigenvalue weighted by atomic mass is 9.84. The first-order chi connectivity index (χ1) is 46.7. The van der Waals surface area contributed by atoms with Crippen LogP contribution in [0.15, 0.2) is 0 Å². The summed E-state index contributed by atoms with van der Waals surface area (Å²) in [6.07, 6.45) is 4.71. The first-order valence-electron chi connectivity index (χ1n) is 37.3. The minimum atomic E-state index is -1.61. The van der Waals surface area contributed by atoms with Gasteiger partial charge in [0.05, 0.1) is 30.2 Å². The molecule has 0 aromatic rings. The molecule has 566 valence electrons. The van der Waals surface area contributed by atoms with Gasteiger partial charge in [0.1, 0.15) is 17.3 Å². The molecule has 0 radical (unpaired) electrons. The molecule has 6 atom stereocenters. The minimum Gasteiger partial charge on any atom is -0.356 e. The van der Waals surface area contributed by atoms with Crippen LogP contribution in [0.1, 0.15) is 231 Å². The first-order valence-corrected chi connectivity index (χ1v) is 37.3. The molecule has 0 aliphatic carbocycles. The molecule has 0 aliphatic heterocycles. The third kappa shape index (κ3) is 44.4. The lowest BCUT2D eigenvalue weighted by Gasteiger charge is -2.30. The number of nitrogens with one attached hydrogen (secondary N) is 10. The van der Waals surface area contributed by atoms with Crippen molar-refractivity contribution in [2.24, 2.45) is 41.1 Å². The highest BCUT2D eigenvalue weighted by Gasteiger charge is 2.36. The van der Waals surface area contributed by atoms with E-state index in [-0.39, 0.29) is 70.1 Å². The Morgan fingerprint density at radius 3 is 1.10 bits per heavy atom. The van der Waals surface area contributed by atoms with E-state index >= 15 is 0 Å². The fourth-order valence-electron chi connectivity index (χ4n) is 11.8. The van der Waals surface area contributed by atoms with Crippen molar-refractivity contribution in [1.82, 2.24) is 63.0 Å². The highest BCUT2D eigenvalue weighted by atomic mass is 16.2. The van der Waals surface area contributed by atoms with Crippen molar-refractivity contribution in [1.29, 1.82) is 0 Å². The van der Waals surface area contributed by atoms with Crippen molar-refractivity contribution in [3.8, 4) is 0 Å². The molecule has 98 heavy (non-hydrogen) atoms. The van der Waals surface area contributed by atoms with Crippen molar-refractivity contribution < 1.29 is 57.5 Å². The fourth-order valence-corrected chi connectivity index (χ4v) is 11.8. The molecule has 8 amide bonds. The summed E-state index contributed by atoms with van der Waals surface area (Å²) in [5.41, 5.74) is 11.2. The Morgan fingerprint density at radius 1 is 0.306 bits per heavy atom. The quantitative estimate of drug-likeness (QED) is 0.0382. The van der Waals surface area contributed by atoms with Crippen LogP contribution in [0, 0.1) is 29.6 Å². The maximum absolute atomic E-state index is 14.9. The number of carbonyl (C=O) groups is 12. The Hall–Kier alpha value is -5.80. The van der Waals surface area contributed by atoms with Gasteiger partial charge in [-0.3, -0.25) is 67.3 Å². The van der Waals surface area contributed by atoms with Gasteiger partial charge in [0, 0.05) is 192 Å². The summed E-state index contributed by atoms with van der Waals surface area (Å²) in [6.45, 7) is 30.3. The number of nitrogens with zero attached hydrogens (tertiary/aromatic N) is 2. The van der Waals surface area contributed by atoms with Gasteiger partial charge in [-0.2, -0.15) is 0 Å². The Kier molecular flexibility index (Phi) is 53.5. The van der Waals surface area contributed by atoms with Crippen molar-refractivity contribution in [2.45, 2.75) is 261 Å². The summed E-state index contributed by atoms with van der Waals surface area (Å²) in [6, 6.07) is -0.456. The molecule has 0 fully saturated rings. The number of ketones is 4. The number of rotatable bonds is 63. The number of amides is 8. The van der Waals surface area contributed by atoms with Crippen LogP contribution < -0.4 is 64.6 Å². The summed E-state index contributed by atoms with van der Waals surface area (Å²) >= 11 is 0. The average Bonchev–Trinajstić information content (AvgIpc) is 0.892. The molecule has 6 unspecified atom stereocenters. The summed E-state index contributed by atoms with van der Waals surface area (Å²) in [7, 11) is 0. The van der Waals surface area contributed by atoms with Crippen LogP contribution >= 0.6 is 0 Å². The number of carbonyl (C=O) groups excluding carboxylic acids is 12. The van der Waals surface area contributed by atoms with E-state index in [9.17, 15) is 57.5 Å². The molecule has 0 heterocycles. The number of unbranched alkanes of at least 4 members (excludes halogenated alkanes) is 7. The Labute approximate surface area is 588 Å². The van der Waals surface area contributed by atoms with E-state index in [2.05, 4.69) is 118 Å². The molecule has 0 aromatic heterocycles. The lowest BCUT2D eigenvalue weighted by Crippen LogP contribution is -2.47. The molecule has 26 heteroatoms. The predicted molar refractivity (Wildman–Crippen MR) is 387 cm³/mol. The zero-order valence-corrected chi connectivity index (χ0v) is 62.6. The Bertz CT molecular complexity index is 2310.